The zero-order valence-corrected chi connectivity index (χ0v) is 14.5. The van der Waals surface area contributed by atoms with E-state index < -0.39 is 0 Å². The van der Waals surface area contributed by atoms with Crippen molar-refractivity contribution in [3.05, 3.63) is 17.5 Å². The Kier molecular flexibility index (Phi) is 5.19. The van der Waals surface area contributed by atoms with Crippen LogP contribution in [0.2, 0.25) is 0 Å². The predicted octanol–water partition coefficient (Wildman–Crippen LogP) is 3.04. The summed E-state index contributed by atoms with van der Waals surface area (Å²) in [7, 11) is 6.47. The third kappa shape index (κ3) is 3.72. The molecule has 2 atom stereocenters. The van der Waals surface area contributed by atoms with Crippen LogP contribution in [0.4, 0.5) is 0 Å². The second kappa shape index (κ2) is 7.14. The molecule has 1 N–H and O–H groups in total. The Bertz CT molecular complexity index is 473. The third-order valence-electron chi connectivity index (χ3n) is 5.65. The van der Waals surface area contributed by atoms with Gasteiger partial charge in [-0.2, -0.15) is 5.10 Å². The van der Waals surface area contributed by atoms with E-state index in [1.807, 2.05) is 4.68 Å². The van der Waals surface area contributed by atoms with Crippen LogP contribution >= 0.6 is 0 Å². The number of rotatable bonds is 5. The Morgan fingerprint density at radius 1 is 1.18 bits per heavy atom. The average molecular weight is 304 g/mol. The molecule has 2 aliphatic carbocycles. The van der Waals surface area contributed by atoms with Crippen LogP contribution in [0.25, 0.3) is 0 Å². The van der Waals surface area contributed by atoms with Crippen LogP contribution in [0.3, 0.4) is 0 Å². The fraction of sp³-hybridized carbons (Fsp3) is 0.833. The standard InChI is InChI=1S/C18H32N4/c1-21(2)17-10-9-16(11-17)19-12-15-13-22(3)20-18(15)14-7-5-4-6-8-14/h13-14,16-17,19H,4-12H2,1-3H3/t16-,17+/m1/s1. The highest BCUT2D eigenvalue weighted by atomic mass is 15.3. The van der Waals surface area contributed by atoms with Gasteiger partial charge in [-0.05, 0) is 46.2 Å². The quantitative estimate of drug-likeness (QED) is 0.907. The summed E-state index contributed by atoms with van der Waals surface area (Å²) < 4.78 is 2.01. The lowest BCUT2D eigenvalue weighted by Gasteiger charge is -2.22. The molecular weight excluding hydrogens is 272 g/mol. The minimum absolute atomic E-state index is 0.673. The highest BCUT2D eigenvalue weighted by molar-refractivity contribution is 5.21. The second-order valence-electron chi connectivity index (χ2n) is 7.56. The first kappa shape index (κ1) is 16.0. The van der Waals surface area contributed by atoms with Crippen molar-refractivity contribution in [2.45, 2.75) is 75.9 Å². The topological polar surface area (TPSA) is 33.1 Å². The molecule has 124 valence electrons. The highest BCUT2D eigenvalue weighted by Gasteiger charge is 2.26. The van der Waals surface area contributed by atoms with E-state index in [4.69, 9.17) is 5.10 Å². The molecule has 0 aromatic carbocycles. The average Bonchev–Trinajstić information content (AvgIpc) is 3.12. The lowest BCUT2D eigenvalue weighted by Crippen LogP contribution is -2.30. The zero-order chi connectivity index (χ0) is 15.5. The van der Waals surface area contributed by atoms with Crippen molar-refractivity contribution in [2.75, 3.05) is 14.1 Å². The maximum Gasteiger partial charge on any atom is 0.0700 e. The van der Waals surface area contributed by atoms with E-state index in [9.17, 15) is 0 Å². The number of nitrogens with one attached hydrogen (secondary N) is 1. The molecule has 4 heteroatoms. The Hall–Kier alpha value is -0.870. The van der Waals surface area contributed by atoms with E-state index in [-0.39, 0.29) is 0 Å². The summed E-state index contributed by atoms with van der Waals surface area (Å²) in [6.07, 6.45) is 13.0. The van der Waals surface area contributed by atoms with Gasteiger partial charge >= 0.3 is 0 Å². The normalized spacial score (nSPS) is 26.9. The number of nitrogens with zero attached hydrogens (tertiary/aromatic N) is 3. The molecule has 0 aliphatic heterocycles. The molecule has 4 nitrogen and oxygen atoms in total. The van der Waals surface area contributed by atoms with Gasteiger partial charge in [-0.15, -0.1) is 0 Å². The number of hydrogen-bond acceptors (Lipinski definition) is 3. The van der Waals surface area contributed by atoms with Crippen LogP contribution < -0.4 is 5.32 Å². The van der Waals surface area contributed by atoms with Gasteiger partial charge in [0.05, 0.1) is 5.69 Å². The van der Waals surface area contributed by atoms with Crippen LogP contribution in [-0.2, 0) is 13.6 Å². The molecule has 0 bridgehead atoms. The van der Waals surface area contributed by atoms with Crippen molar-refractivity contribution >= 4 is 0 Å². The molecule has 2 aliphatic rings. The van der Waals surface area contributed by atoms with Crippen molar-refractivity contribution in [3.8, 4) is 0 Å². The van der Waals surface area contributed by atoms with Gasteiger partial charge in [-0.25, -0.2) is 0 Å². The number of aromatic nitrogens is 2. The van der Waals surface area contributed by atoms with Crippen molar-refractivity contribution in [1.29, 1.82) is 0 Å². The first-order valence-corrected chi connectivity index (χ1v) is 9.05. The molecule has 0 amide bonds. The third-order valence-corrected chi connectivity index (χ3v) is 5.65. The van der Waals surface area contributed by atoms with E-state index in [0.717, 1.165) is 12.6 Å². The molecular formula is C18H32N4. The molecule has 0 unspecified atom stereocenters. The number of hydrogen-bond donors (Lipinski definition) is 1. The minimum Gasteiger partial charge on any atom is -0.310 e. The first-order chi connectivity index (χ1) is 10.6. The van der Waals surface area contributed by atoms with Crippen LogP contribution in [0.15, 0.2) is 6.20 Å². The van der Waals surface area contributed by atoms with Gasteiger partial charge in [0, 0.05) is 43.4 Å². The summed E-state index contributed by atoms with van der Waals surface area (Å²) in [5.74, 6) is 0.699. The number of aryl methyl sites for hydroxylation is 1. The fourth-order valence-electron chi connectivity index (χ4n) is 4.28. The van der Waals surface area contributed by atoms with Gasteiger partial charge in [0.1, 0.15) is 0 Å². The molecule has 0 radical (unpaired) electrons. The lowest BCUT2D eigenvalue weighted by molar-refractivity contribution is 0.293. The highest BCUT2D eigenvalue weighted by Crippen LogP contribution is 2.33. The van der Waals surface area contributed by atoms with Gasteiger partial charge < -0.3 is 10.2 Å². The van der Waals surface area contributed by atoms with Crippen LogP contribution in [0.1, 0.15) is 68.5 Å². The molecule has 0 saturated heterocycles. The summed E-state index contributed by atoms with van der Waals surface area (Å²) >= 11 is 0. The fourth-order valence-corrected chi connectivity index (χ4v) is 4.28. The summed E-state index contributed by atoms with van der Waals surface area (Å²) in [4.78, 5) is 2.37. The van der Waals surface area contributed by atoms with Crippen LogP contribution in [-0.4, -0.2) is 40.9 Å². The lowest BCUT2D eigenvalue weighted by atomic mass is 9.85. The van der Waals surface area contributed by atoms with E-state index in [2.05, 4.69) is 37.6 Å². The first-order valence-electron chi connectivity index (χ1n) is 9.05. The molecule has 0 spiro atoms. The van der Waals surface area contributed by atoms with Gasteiger partial charge in [0.2, 0.25) is 0 Å². The van der Waals surface area contributed by atoms with Crippen molar-refractivity contribution in [3.63, 3.8) is 0 Å². The van der Waals surface area contributed by atoms with E-state index in [1.165, 1.54) is 62.6 Å². The summed E-state index contributed by atoms with van der Waals surface area (Å²) in [5.41, 5.74) is 2.81. The molecule has 1 aromatic rings. The minimum atomic E-state index is 0.673. The van der Waals surface area contributed by atoms with Crippen molar-refractivity contribution < 1.29 is 0 Å². The van der Waals surface area contributed by atoms with Crippen molar-refractivity contribution in [2.24, 2.45) is 7.05 Å². The predicted molar refractivity (Wildman–Crippen MR) is 91.0 cm³/mol. The van der Waals surface area contributed by atoms with E-state index in [1.54, 1.807) is 0 Å². The Balaban J connectivity index is 1.58. The van der Waals surface area contributed by atoms with Gasteiger partial charge in [0.25, 0.3) is 0 Å². The van der Waals surface area contributed by atoms with Crippen LogP contribution in [0.5, 0.6) is 0 Å². The Morgan fingerprint density at radius 3 is 2.64 bits per heavy atom. The van der Waals surface area contributed by atoms with Gasteiger partial charge in [-0.1, -0.05) is 19.3 Å². The van der Waals surface area contributed by atoms with E-state index in [0.29, 0.717) is 12.0 Å². The van der Waals surface area contributed by atoms with Gasteiger partial charge in [-0.3, -0.25) is 4.68 Å². The molecule has 2 saturated carbocycles. The summed E-state index contributed by atoms with van der Waals surface area (Å²) in [5, 5.41) is 8.59. The van der Waals surface area contributed by atoms with Gasteiger partial charge in [0.15, 0.2) is 0 Å². The maximum absolute atomic E-state index is 4.79. The molecule has 2 fully saturated rings. The molecule has 1 aromatic heterocycles. The monoisotopic (exact) mass is 304 g/mol. The summed E-state index contributed by atoms with van der Waals surface area (Å²) in [6, 6.07) is 1.43. The second-order valence-corrected chi connectivity index (χ2v) is 7.56. The largest absolute Gasteiger partial charge is 0.310 e. The zero-order valence-electron chi connectivity index (χ0n) is 14.5. The Labute approximate surface area is 135 Å². The Morgan fingerprint density at radius 2 is 1.95 bits per heavy atom. The molecule has 3 rings (SSSR count). The smallest absolute Gasteiger partial charge is 0.0700 e. The van der Waals surface area contributed by atoms with Crippen molar-refractivity contribution in [1.82, 2.24) is 20.0 Å². The SMILES string of the molecule is CN(C)[C@H]1CC[C@@H](NCc2cn(C)nc2C2CCCCC2)C1. The maximum atomic E-state index is 4.79. The summed E-state index contributed by atoms with van der Waals surface area (Å²) in [6.45, 7) is 0.991. The van der Waals surface area contributed by atoms with Crippen LogP contribution in [0, 0.1) is 0 Å². The van der Waals surface area contributed by atoms with E-state index >= 15 is 0 Å². The molecule has 22 heavy (non-hydrogen) atoms. The molecule has 1 heterocycles.